The maximum atomic E-state index is 12.2. The number of hydrogen-bond donors (Lipinski definition) is 2. The number of carbonyl (C=O) groups excluding carboxylic acids is 1. The van der Waals surface area contributed by atoms with Crippen molar-refractivity contribution in [3.8, 4) is 0 Å². The second-order valence-corrected chi connectivity index (χ2v) is 6.71. The Morgan fingerprint density at radius 3 is 2.68 bits per heavy atom. The van der Waals surface area contributed by atoms with Gasteiger partial charge in [0, 0.05) is 16.3 Å². The van der Waals surface area contributed by atoms with E-state index in [1.807, 2.05) is 11.4 Å². The lowest BCUT2D eigenvalue weighted by atomic mass is 9.76. The summed E-state index contributed by atoms with van der Waals surface area (Å²) in [6.07, 6.45) is 2.40. The second-order valence-electron chi connectivity index (χ2n) is 5.77. The first kappa shape index (κ1) is 14.5. The van der Waals surface area contributed by atoms with E-state index in [1.54, 1.807) is 11.3 Å². The molecule has 0 radical (unpaired) electrons. The number of rotatable bonds is 5. The van der Waals surface area contributed by atoms with Gasteiger partial charge in [-0.3, -0.25) is 4.79 Å². The molecule has 1 fully saturated rings. The van der Waals surface area contributed by atoms with Crippen LogP contribution in [0.25, 0.3) is 0 Å². The molecule has 2 N–H and O–H groups in total. The van der Waals surface area contributed by atoms with Crippen molar-refractivity contribution < 1.29 is 9.90 Å². The van der Waals surface area contributed by atoms with E-state index in [1.165, 1.54) is 4.88 Å². The summed E-state index contributed by atoms with van der Waals surface area (Å²) in [5.41, 5.74) is 0.770. The lowest BCUT2D eigenvalue weighted by Crippen LogP contribution is -2.46. The van der Waals surface area contributed by atoms with Crippen LogP contribution in [0.5, 0.6) is 0 Å². The number of aliphatic hydroxyl groups excluding tert-OH is 1. The van der Waals surface area contributed by atoms with Crippen LogP contribution < -0.4 is 5.32 Å². The maximum absolute atomic E-state index is 12.2. The molecule has 1 aliphatic carbocycles. The lowest BCUT2D eigenvalue weighted by Gasteiger charge is -2.37. The number of amides is 1. The van der Waals surface area contributed by atoms with E-state index in [-0.39, 0.29) is 18.1 Å². The van der Waals surface area contributed by atoms with E-state index in [0.717, 1.165) is 24.8 Å². The third kappa shape index (κ3) is 3.37. The van der Waals surface area contributed by atoms with Crippen LogP contribution in [0.15, 0.2) is 11.4 Å². The van der Waals surface area contributed by atoms with Crippen LogP contribution in [0.1, 0.15) is 61.2 Å². The maximum Gasteiger partial charge on any atom is 0.252 e. The molecule has 1 heterocycles. The first-order valence-electron chi connectivity index (χ1n) is 7.08. The summed E-state index contributed by atoms with van der Waals surface area (Å²) < 4.78 is 0. The number of hydrogen-bond acceptors (Lipinski definition) is 3. The highest BCUT2D eigenvalue weighted by Crippen LogP contribution is 2.31. The van der Waals surface area contributed by atoms with Gasteiger partial charge in [-0.2, -0.15) is 0 Å². The smallest absolute Gasteiger partial charge is 0.252 e. The number of nitrogens with one attached hydrogen (secondary N) is 1. The fraction of sp³-hybridized carbons (Fsp3) is 0.667. The molecule has 3 nitrogen and oxygen atoms in total. The van der Waals surface area contributed by atoms with Crippen LogP contribution in [0.2, 0.25) is 0 Å². The first-order valence-corrected chi connectivity index (χ1v) is 7.96. The monoisotopic (exact) mass is 281 g/mol. The predicted molar refractivity (Wildman–Crippen MR) is 78.7 cm³/mol. The van der Waals surface area contributed by atoms with Gasteiger partial charge >= 0.3 is 0 Å². The van der Waals surface area contributed by atoms with Gasteiger partial charge in [0.15, 0.2) is 0 Å². The van der Waals surface area contributed by atoms with Crippen molar-refractivity contribution in [1.82, 2.24) is 5.32 Å². The summed E-state index contributed by atoms with van der Waals surface area (Å²) in [7, 11) is 0. The lowest BCUT2D eigenvalue weighted by molar-refractivity contribution is 0.0232. The zero-order chi connectivity index (χ0) is 14.0. The van der Waals surface area contributed by atoms with Gasteiger partial charge in [-0.1, -0.05) is 20.8 Å². The van der Waals surface area contributed by atoms with Crippen molar-refractivity contribution >= 4 is 17.2 Å². The molecule has 106 valence electrons. The fourth-order valence-electron chi connectivity index (χ4n) is 2.54. The first-order chi connectivity index (χ1) is 9.01. The molecule has 1 aliphatic rings. The SMILES string of the molecule is CC[C@@H](NC(=O)c1csc(C(C)C)c1)C1CC(O)C1. The minimum absolute atomic E-state index is 0.0244. The predicted octanol–water partition coefficient (Wildman–Crippen LogP) is 3.15. The zero-order valence-electron chi connectivity index (χ0n) is 11.8. The minimum atomic E-state index is -0.162. The van der Waals surface area contributed by atoms with Crippen LogP contribution >= 0.6 is 11.3 Å². The summed E-state index contributed by atoms with van der Waals surface area (Å²) in [4.78, 5) is 13.5. The molecule has 1 atom stereocenters. The Labute approximate surface area is 119 Å². The average molecular weight is 281 g/mol. The minimum Gasteiger partial charge on any atom is -0.393 e. The van der Waals surface area contributed by atoms with Gasteiger partial charge in [0.05, 0.1) is 11.7 Å². The summed E-state index contributed by atoms with van der Waals surface area (Å²) in [5.74, 6) is 0.929. The molecular weight excluding hydrogens is 258 g/mol. The van der Waals surface area contributed by atoms with E-state index < -0.39 is 0 Å². The van der Waals surface area contributed by atoms with Crippen LogP contribution in [0.3, 0.4) is 0 Å². The zero-order valence-corrected chi connectivity index (χ0v) is 12.7. The summed E-state index contributed by atoms with van der Waals surface area (Å²) >= 11 is 1.65. The molecule has 2 rings (SSSR count). The number of aliphatic hydroxyl groups is 1. The van der Waals surface area contributed by atoms with Crippen molar-refractivity contribution in [2.45, 2.75) is 58.1 Å². The highest BCUT2D eigenvalue weighted by molar-refractivity contribution is 7.10. The van der Waals surface area contributed by atoms with Crippen LogP contribution in [-0.2, 0) is 0 Å². The molecule has 4 heteroatoms. The Hall–Kier alpha value is -0.870. The van der Waals surface area contributed by atoms with Gasteiger partial charge in [-0.25, -0.2) is 0 Å². The van der Waals surface area contributed by atoms with E-state index in [4.69, 9.17) is 0 Å². The van der Waals surface area contributed by atoms with Crippen molar-refractivity contribution in [1.29, 1.82) is 0 Å². The normalized spacial score (nSPS) is 24.1. The number of carbonyl (C=O) groups is 1. The van der Waals surface area contributed by atoms with Gasteiger partial charge in [0.2, 0.25) is 0 Å². The highest BCUT2D eigenvalue weighted by atomic mass is 32.1. The number of thiophene rings is 1. The molecule has 0 bridgehead atoms. The average Bonchev–Trinajstić information content (AvgIpc) is 2.82. The molecule has 0 saturated heterocycles. The highest BCUT2D eigenvalue weighted by Gasteiger charge is 2.33. The Morgan fingerprint density at radius 2 is 2.21 bits per heavy atom. The molecule has 0 spiro atoms. The molecule has 1 aromatic heterocycles. The van der Waals surface area contributed by atoms with E-state index in [9.17, 15) is 9.90 Å². The van der Waals surface area contributed by atoms with Crippen LogP contribution in [-0.4, -0.2) is 23.2 Å². The quantitative estimate of drug-likeness (QED) is 0.871. The second kappa shape index (κ2) is 6.06. The standard InChI is InChI=1S/C15H23NO2S/c1-4-13(10-5-12(17)6-10)16-15(18)11-7-14(9(2)3)19-8-11/h7-10,12-13,17H,4-6H2,1-3H3,(H,16,18)/t10?,12?,13-/m1/s1. The molecular formula is C15H23NO2S. The topological polar surface area (TPSA) is 49.3 Å². The molecule has 1 saturated carbocycles. The molecule has 19 heavy (non-hydrogen) atoms. The summed E-state index contributed by atoms with van der Waals surface area (Å²) in [6, 6.07) is 2.19. The van der Waals surface area contributed by atoms with Crippen molar-refractivity contribution in [3.05, 3.63) is 21.9 Å². The van der Waals surface area contributed by atoms with Crippen molar-refractivity contribution in [3.63, 3.8) is 0 Å². The fourth-order valence-corrected chi connectivity index (χ4v) is 3.44. The van der Waals surface area contributed by atoms with Crippen LogP contribution in [0, 0.1) is 5.92 Å². The van der Waals surface area contributed by atoms with Gasteiger partial charge < -0.3 is 10.4 Å². The third-order valence-electron chi connectivity index (χ3n) is 3.93. The third-order valence-corrected chi connectivity index (χ3v) is 5.16. The Morgan fingerprint density at radius 1 is 1.53 bits per heavy atom. The Bertz CT molecular complexity index is 435. The van der Waals surface area contributed by atoms with Gasteiger partial charge in [0.1, 0.15) is 0 Å². The summed E-state index contributed by atoms with van der Waals surface area (Å²) in [6.45, 7) is 6.36. The van der Waals surface area contributed by atoms with Gasteiger partial charge in [0.25, 0.3) is 5.91 Å². The van der Waals surface area contributed by atoms with Crippen LogP contribution in [0.4, 0.5) is 0 Å². The van der Waals surface area contributed by atoms with Crippen molar-refractivity contribution in [2.75, 3.05) is 0 Å². The van der Waals surface area contributed by atoms with E-state index >= 15 is 0 Å². The Kier molecular flexibility index (Phi) is 4.63. The largest absolute Gasteiger partial charge is 0.393 e. The van der Waals surface area contributed by atoms with Crippen molar-refractivity contribution in [2.24, 2.45) is 5.92 Å². The Balaban J connectivity index is 1.95. The van der Waals surface area contributed by atoms with Gasteiger partial charge in [-0.05, 0) is 37.2 Å². The molecule has 0 unspecified atom stereocenters. The molecule has 1 aromatic rings. The van der Waals surface area contributed by atoms with E-state index in [0.29, 0.717) is 11.8 Å². The molecule has 0 aliphatic heterocycles. The van der Waals surface area contributed by atoms with E-state index in [2.05, 4.69) is 26.1 Å². The molecule has 0 aromatic carbocycles. The molecule has 1 amide bonds. The van der Waals surface area contributed by atoms with Gasteiger partial charge in [-0.15, -0.1) is 11.3 Å². The summed E-state index contributed by atoms with van der Waals surface area (Å²) in [5, 5.41) is 14.4.